The summed E-state index contributed by atoms with van der Waals surface area (Å²) in [7, 11) is 0. The number of anilines is 2. The first-order chi connectivity index (χ1) is 14.1. The van der Waals surface area contributed by atoms with E-state index in [-0.39, 0.29) is 5.82 Å². The number of benzene rings is 2. The second kappa shape index (κ2) is 7.44. The first kappa shape index (κ1) is 18.1. The van der Waals surface area contributed by atoms with E-state index < -0.39 is 0 Å². The minimum Gasteiger partial charge on any atom is -0.423 e. The first-order valence-electron chi connectivity index (χ1n) is 9.58. The molecule has 0 saturated carbocycles. The van der Waals surface area contributed by atoms with Crippen molar-refractivity contribution in [2.24, 2.45) is 0 Å². The molecule has 5 rings (SSSR count). The molecule has 0 radical (unpaired) electrons. The molecule has 6 nitrogen and oxygen atoms in total. The number of fused-ring (bicyclic) bond motifs is 1. The Kier molecular flexibility index (Phi) is 4.63. The van der Waals surface area contributed by atoms with Crippen LogP contribution in [-0.4, -0.2) is 41.4 Å². The standard InChI is InChI=1S/C21H20FN5OS/c1-14-2-7-18-17(12-14)23-20(28-18)26-8-10-27(11-9-26)21-25-24-19(29-21)13-15-3-5-16(22)6-4-15/h2-7,12H,8-11,13H2,1H3. The maximum Gasteiger partial charge on any atom is 0.298 e. The molecule has 0 aliphatic carbocycles. The van der Waals surface area contributed by atoms with E-state index in [9.17, 15) is 4.39 Å². The number of rotatable bonds is 4. The van der Waals surface area contributed by atoms with Crippen molar-refractivity contribution in [1.82, 2.24) is 15.2 Å². The summed E-state index contributed by atoms with van der Waals surface area (Å²) < 4.78 is 19.0. The van der Waals surface area contributed by atoms with Gasteiger partial charge in [-0.05, 0) is 42.3 Å². The lowest BCUT2D eigenvalue weighted by molar-refractivity contribution is 0.541. The van der Waals surface area contributed by atoms with Crippen molar-refractivity contribution in [2.45, 2.75) is 13.3 Å². The number of hydrogen-bond acceptors (Lipinski definition) is 7. The van der Waals surface area contributed by atoms with Crippen LogP contribution >= 0.6 is 11.3 Å². The Morgan fingerprint density at radius 1 is 1.00 bits per heavy atom. The molecule has 0 unspecified atom stereocenters. The molecule has 1 fully saturated rings. The Morgan fingerprint density at radius 3 is 2.55 bits per heavy atom. The molecule has 148 valence electrons. The third-order valence-electron chi connectivity index (χ3n) is 5.08. The highest BCUT2D eigenvalue weighted by Crippen LogP contribution is 2.27. The predicted octanol–water partition coefficient (Wildman–Crippen LogP) is 4.04. The Bertz CT molecular complexity index is 1130. The molecule has 0 atom stereocenters. The van der Waals surface area contributed by atoms with Gasteiger partial charge < -0.3 is 14.2 Å². The first-order valence-corrected chi connectivity index (χ1v) is 10.4. The lowest BCUT2D eigenvalue weighted by Crippen LogP contribution is -2.46. The fourth-order valence-corrected chi connectivity index (χ4v) is 4.39. The van der Waals surface area contributed by atoms with Gasteiger partial charge in [-0.2, -0.15) is 4.98 Å². The maximum absolute atomic E-state index is 13.1. The van der Waals surface area contributed by atoms with Gasteiger partial charge in [0.05, 0.1) is 0 Å². The van der Waals surface area contributed by atoms with Gasteiger partial charge in [-0.25, -0.2) is 4.39 Å². The van der Waals surface area contributed by atoms with Gasteiger partial charge in [0.15, 0.2) is 5.58 Å². The smallest absolute Gasteiger partial charge is 0.298 e. The molecule has 0 N–H and O–H groups in total. The third kappa shape index (κ3) is 3.80. The highest BCUT2D eigenvalue weighted by atomic mass is 32.1. The quantitative estimate of drug-likeness (QED) is 0.507. The zero-order valence-corrected chi connectivity index (χ0v) is 16.8. The van der Waals surface area contributed by atoms with E-state index >= 15 is 0 Å². The SMILES string of the molecule is Cc1ccc2oc(N3CCN(c4nnc(Cc5ccc(F)cc5)s4)CC3)nc2c1. The minimum absolute atomic E-state index is 0.223. The van der Waals surface area contributed by atoms with Crippen molar-refractivity contribution >= 4 is 33.6 Å². The zero-order chi connectivity index (χ0) is 19.8. The van der Waals surface area contributed by atoms with Crippen LogP contribution < -0.4 is 9.80 Å². The van der Waals surface area contributed by atoms with Gasteiger partial charge in [-0.3, -0.25) is 0 Å². The van der Waals surface area contributed by atoms with E-state index in [1.807, 2.05) is 18.2 Å². The topological polar surface area (TPSA) is 58.3 Å². The maximum atomic E-state index is 13.1. The van der Waals surface area contributed by atoms with Gasteiger partial charge in [0.25, 0.3) is 6.01 Å². The molecule has 1 aliphatic rings. The average Bonchev–Trinajstić information content (AvgIpc) is 3.36. The van der Waals surface area contributed by atoms with Crippen molar-refractivity contribution in [1.29, 1.82) is 0 Å². The Hall–Kier alpha value is -3.00. The summed E-state index contributed by atoms with van der Waals surface area (Å²) >= 11 is 1.59. The van der Waals surface area contributed by atoms with E-state index in [0.717, 1.165) is 53.0 Å². The summed E-state index contributed by atoms with van der Waals surface area (Å²) in [6.07, 6.45) is 0.667. The van der Waals surface area contributed by atoms with E-state index in [4.69, 9.17) is 4.42 Å². The van der Waals surface area contributed by atoms with Gasteiger partial charge in [0.1, 0.15) is 16.3 Å². The molecule has 0 amide bonds. The molecule has 4 aromatic rings. The number of aryl methyl sites for hydroxylation is 1. The number of halogens is 1. The average molecular weight is 409 g/mol. The molecule has 8 heteroatoms. The molecule has 1 saturated heterocycles. The van der Waals surface area contributed by atoms with E-state index in [0.29, 0.717) is 12.4 Å². The molecular formula is C21H20FN5OS. The molecule has 0 spiro atoms. The van der Waals surface area contributed by atoms with Crippen LogP contribution in [0.4, 0.5) is 15.5 Å². The number of nitrogens with zero attached hydrogens (tertiary/aromatic N) is 5. The van der Waals surface area contributed by atoms with Crippen molar-refractivity contribution in [3.05, 3.63) is 64.4 Å². The fraction of sp³-hybridized carbons (Fsp3) is 0.286. The summed E-state index contributed by atoms with van der Waals surface area (Å²) in [6.45, 7) is 5.36. The molecular weight excluding hydrogens is 389 g/mol. The summed E-state index contributed by atoms with van der Waals surface area (Å²) in [4.78, 5) is 9.06. The summed E-state index contributed by atoms with van der Waals surface area (Å²) in [5.74, 6) is -0.223. The van der Waals surface area contributed by atoms with Gasteiger partial charge >= 0.3 is 0 Å². The number of aromatic nitrogens is 3. The molecule has 3 heterocycles. The van der Waals surface area contributed by atoms with Crippen LogP contribution in [0.3, 0.4) is 0 Å². The molecule has 2 aromatic heterocycles. The molecule has 2 aromatic carbocycles. The normalized spacial score (nSPS) is 14.7. The number of piperazine rings is 1. The van der Waals surface area contributed by atoms with E-state index in [1.165, 1.54) is 17.7 Å². The highest BCUT2D eigenvalue weighted by molar-refractivity contribution is 7.15. The van der Waals surface area contributed by atoms with Gasteiger partial charge in [0, 0.05) is 32.6 Å². The van der Waals surface area contributed by atoms with Gasteiger partial charge in [0.2, 0.25) is 5.13 Å². The summed E-state index contributed by atoms with van der Waals surface area (Å²) in [6, 6.07) is 13.3. The van der Waals surface area contributed by atoms with Crippen LogP contribution in [0.2, 0.25) is 0 Å². The van der Waals surface area contributed by atoms with E-state index in [1.54, 1.807) is 23.5 Å². The van der Waals surface area contributed by atoms with Crippen LogP contribution in [0, 0.1) is 12.7 Å². The van der Waals surface area contributed by atoms with Crippen molar-refractivity contribution in [2.75, 3.05) is 36.0 Å². The predicted molar refractivity (Wildman–Crippen MR) is 112 cm³/mol. The monoisotopic (exact) mass is 409 g/mol. The van der Waals surface area contributed by atoms with Crippen molar-refractivity contribution < 1.29 is 8.81 Å². The largest absolute Gasteiger partial charge is 0.423 e. The summed E-state index contributed by atoms with van der Waals surface area (Å²) in [5, 5.41) is 10.5. The molecule has 1 aliphatic heterocycles. The van der Waals surface area contributed by atoms with Crippen molar-refractivity contribution in [3.63, 3.8) is 0 Å². The van der Waals surface area contributed by atoms with Gasteiger partial charge in [-0.15, -0.1) is 10.2 Å². The van der Waals surface area contributed by atoms with E-state index in [2.05, 4.69) is 31.9 Å². The number of oxazole rings is 1. The van der Waals surface area contributed by atoms with Crippen LogP contribution in [0.5, 0.6) is 0 Å². The minimum atomic E-state index is -0.223. The van der Waals surface area contributed by atoms with Crippen LogP contribution in [0.25, 0.3) is 11.1 Å². The van der Waals surface area contributed by atoms with Crippen molar-refractivity contribution in [3.8, 4) is 0 Å². The molecule has 29 heavy (non-hydrogen) atoms. The highest BCUT2D eigenvalue weighted by Gasteiger charge is 2.23. The van der Waals surface area contributed by atoms with Crippen LogP contribution in [-0.2, 0) is 6.42 Å². The second-order valence-corrected chi connectivity index (χ2v) is 8.26. The Morgan fingerprint density at radius 2 is 1.76 bits per heavy atom. The number of hydrogen-bond donors (Lipinski definition) is 0. The Labute approximate surface area is 171 Å². The lowest BCUT2D eigenvalue weighted by Gasteiger charge is -2.33. The Balaban J connectivity index is 1.23. The summed E-state index contributed by atoms with van der Waals surface area (Å²) in [5.41, 5.74) is 3.93. The molecule has 0 bridgehead atoms. The van der Waals surface area contributed by atoms with Crippen LogP contribution in [0.15, 0.2) is 46.9 Å². The van der Waals surface area contributed by atoms with Gasteiger partial charge in [-0.1, -0.05) is 29.5 Å². The zero-order valence-electron chi connectivity index (χ0n) is 16.0. The third-order valence-corrected chi connectivity index (χ3v) is 6.06. The lowest BCUT2D eigenvalue weighted by atomic mass is 10.2. The fourth-order valence-electron chi connectivity index (χ4n) is 3.47. The van der Waals surface area contributed by atoms with Crippen LogP contribution in [0.1, 0.15) is 16.1 Å². The second-order valence-electron chi connectivity index (χ2n) is 7.22.